The summed E-state index contributed by atoms with van der Waals surface area (Å²) in [7, 11) is 0. The lowest BCUT2D eigenvalue weighted by atomic mass is 10.1. The zero-order chi connectivity index (χ0) is 24.6. The molecule has 0 saturated heterocycles. The van der Waals surface area contributed by atoms with Gasteiger partial charge in [0.2, 0.25) is 0 Å². The van der Waals surface area contributed by atoms with Gasteiger partial charge in [0.15, 0.2) is 5.58 Å². The topological polar surface area (TPSA) is 103 Å². The van der Waals surface area contributed by atoms with E-state index in [1.54, 1.807) is 50.2 Å². The number of hydrogen-bond acceptors (Lipinski definition) is 6. The lowest BCUT2D eigenvalue weighted by Gasteiger charge is -2.16. The fraction of sp³-hybridized carbons (Fsp3) is 0.269. The predicted octanol–water partition coefficient (Wildman–Crippen LogP) is 5.46. The van der Waals surface area contributed by atoms with Crippen LogP contribution in [0.1, 0.15) is 43.9 Å². The molecule has 0 bridgehead atoms. The molecule has 0 radical (unpaired) electrons. The van der Waals surface area contributed by atoms with Crippen LogP contribution in [0.25, 0.3) is 22.2 Å². The number of rotatable bonds is 4. The van der Waals surface area contributed by atoms with Crippen molar-refractivity contribution in [3.8, 4) is 11.3 Å². The Bertz CT molecular complexity index is 1500. The molecule has 1 saturated carbocycles. The van der Waals surface area contributed by atoms with Gasteiger partial charge in [-0.1, -0.05) is 32.0 Å². The molecule has 34 heavy (non-hydrogen) atoms. The third-order valence-electron chi connectivity index (χ3n) is 5.63. The lowest BCUT2D eigenvalue weighted by molar-refractivity contribution is 0.543. The van der Waals surface area contributed by atoms with Crippen molar-refractivity contribution < 1.29 is 8.81 Å². The Hall–Kier alpha value is -3.94. The number of benzene rings is 2. The highest BCUT2D eigenvalue weighted by Crippen LogP contribution is 2.37. The first kappa shape index (κ1) is 23.2. The molecule has 0 amide bonds. The van der Waals surface area contributed by atoms with E-state index in [9.17, 15) is 14.0 Å². The van der Waals surface area contributed by atoms with Crippen LogP contribution >= 0.6 is 0 Å². The van der Waals surface area contributed by atoms with Crippen molar-refractivity contribution in [2.45, 2.75) is 46.6 Å². The average molecular weight is 463 g/mol. The molecule has 8 heteroatoms. The first-order valence-electron chi connectivity index (χ1n) is 11.3. The Kier molecular flexibility index (Phi) is 6.24. The van der Waals surface area contributed by atoms with Crippen LogP contribution in [0.3, 0.4) is 0 Å². The van der Waals surface area contributed by atoms with Crippen LogP contribution in [0.5, 0.6) is 0 Å². The minimum absolute atomic E-state index is 0.0251. The Balaban J connectivity index is 0.00000133. The highest BCUT2D eigenvalue weighted by Gasteiger charge is 2.30. The number of nitrogens with one attached hydrogen (secondary N) is 1. The molecule has 1 aliphatic rings. The number of anilines is 3. The van der Waals surface area contributed by atoms with E-state index in [1.807, 2.05) is 13.8 Å². The van der Waals surface area contributed by atoms with Gasteiger partial charge in [-0.25, -0.2) is 13.9 Å². The summed E-state index contributed by atoms with van der Waals surface area (Å²) in [6.45, 7) is 7.32. The Labute approximate surface area is 196 Å². The minimum Gasteiger partial charge on any atom is -0.420 e. The molecule has 1 aliphatic carbocycles. The van der Waals surface area contributed by atoms with Crippen LogP contribution in [-0.2, 0) is 0 Å². The zero-order valence-electron chi connectivity index (χ0n) is 19.6. The molecule has 1 fully saturated rings. The van der Waals surface area contributed by atoms with Crippen LogP contribution in [0, 0.1) is 19.7 Å². The van der Waals surface area contributed by atoms with Gasteiger partial charge in [-0.3, -0.25) is 4.79 Å². The van der Waals surface area contributed by atoms with E-state index in [-0.39, 0.29) is 33.9 Å². The van der Waals surface area contributed by atoms with E-state index >= 15 is 0 Å². The van der Waals surface area contributed by atoms with Crippen molar-refractivity contribution >= 4 is 28.0 Å². The molecule has 2 heterocycles. The number of aromatic nitrogens is 2. The number of nitrogen functional groups attached to an aromatic ring is 1. The molecular weight excluding hydrogens is 435 g/mol. The third kappa shape index (κ3) is 4.19. The van der Waals surface area contributed by atoms with E-state index in [0.29, 0.717) is 16.9 Å². The maximum Gasteiger partial charge on any atom is 0.341 e. The van der Waals surface area contributed by atoms with Gasteiger partial charge >= 0.3 is 5.63 Å². The molecule has 5 rings (SSSR count). The largest absolute Gasteiger partial charge is 0.420 e. The van der Waals surface area contributed by atoms with Crippen LogP contribution in [0.15, 0.2) is 56.5 Å². The van der Waals surface area contributed by atoms with E-state index in [1.165, 1.54) is 10.7 Å². The number of fused-ring (bicyclic) bond motifs is 1. The van der Waals surface area contributed by atoms with E-state index in [4.69, 9.17) is 10.2 Å². The average Bonchev–Trinajstić information content (AvgIpc) is 3.65. The second kappa shape index (κ2) is 9.13. The molecule has 0 aliphatic heterocycles. The van der Waals surface area contributed by atoms with Gasteiger partial charge in [0.05, 0.1) is 23.0 Å². The summed E-state index contributed by atoms with van der Waals surface area (Å²) < 4.78 is 21.6. The van der Waals surface area contributed by atoms with E-state index in [2.05, 4.69) is 10.4 Å². The Morgan fingerprint density at radius 3 is 2.50 bits per heavy atom. The normalized spacial score (nSPS) is 12.9. The van der Waals surface area contributed by atoms with Crippen LogP contribution in [0.2, 0.25) is 0 Å². The van der Waals surface area contributed by atoms with Gasteiger partial charge in [-0.2, -0.15) is 5.10 Å². The highest BCUT2D eigenvalue weighted by atomic mass is 19.1. The summed E-state index contributed by atoms with van der Waals surface area (Å²) in [6.07, 6.45) is 1.67. The Morgan fingerprint density at radius 2 is 1.85 bits per heavy atom. The van der Waals surface area contributed by atoms with E-state index in [0.717, 1.165) is 18.4 Å². The maximum atomic E-state index is 14.6. The molecule has 3 N–H and O–H groups in total. The minimum atomic E-state index is -0.636. The molecule has 4 aromatic rings. The van der Waals surface area contributed by atoms with Crippen LogP contribution in [-0.4, -0.2) is 9.78 Å². The summed E-state index contributed by atoms with van der Waals surface area (Å²) >= 11 is 0. The number of hydrogen-bond donors (Lipinski definition) is 2. The number of nitrogens with two attached hydrogens (primary N) is 1. The maximum absolute atomic E-state index is 14.6. The van der Waals surface area contributed by atoms with Crippen molar-refractivity contribution in [1.82, 2.24) is 9.78 Å². The molecule has 0 spiro atoms. The first-order chi connectivity index (χ1) is 16.3. The summed E-state index contributed by atoms with van der Waals surface area (Å²) in [4.78, 5) is 26.2. The van der Waals surface area contributed by atoms with Gasteiger partial charge in [0.25, 0.3) is 5.56 Å². The smallest absolute Gasteiger partial charge is 0.341 e. The second-order valence-electron chi connectivity index (χ2n) is 8.16. The van der Waals surface area contributed by atoms with E-state index < -0.39 is 17.0 Å². The summed E-state index contributed by atoms with van der Waals surface area (Å²) in [5.41, 5.74) is 7.74. The SMILES string of the molecule is CC.Cc1ccc(Nc2c(C)c(=O)oc3c(-c4cccc(N)c4)nn(C4CC4)c(=O)c23)c(F)c1. The quantitative estimate of drug-likeness (QED) is 0.391. The van der Waals surface area contributed by atoms with Gasteiger partial charge in [-0.05, 0) is 56.5 Å². The molecule has 0 atom stereocenters. The van der Waals surface area contributed by atoms with Gasteiger partial charge < -0.3 is 15.5 Å². The van der Waals surface area contributed by atoms with Gasteiger partial charge in [-0.15, -0.1) is 0 Å². The second-order valence-corrected chi connectivity index (χ2v) is 8.16. The van der Waals surface area contributed by atoms with Crippen molar-refractivity contribution in [3.63, 3.8) is 0 Å². The Morgan fingerprint density at radius 1 is 1.12 bits per heavy atom. The van der Waals surface area contributed by atoms with Crippen LogP contribution < -0.4 is 22.2 Å². The molecule has 2 aromatic heterocycles. The van der Waals surface area contributed by atoms with Crippen molar-refractivity contribution in [2.75, 3.05) is 11.1 Å². The van der Waals surface area contributed by atoms with Crippen molar-refractivity contribution in [3.05, 3.63) is 80.2 Å². The molecular formula is C26H27FN4O3. The first-order valence-corrected chi connectivity index (χ1v) is 11.3. The molecule has 7 nitrogen and oxygen atoms in total. The fourth-order valence-electron chi connectivity index (χ4n) is 3.76. The summed E-state index contributed by atoms with van der Waals surface area (Å²) in [5, 5.41) is 7.66. The fourth-order valence-corrected chi connectivity index (χ4v) is 3.76. The third-order valence-corrected chi connectivity index (χ3v) is 5.63. The number of aryl methyl sites for hydroxylation is 1. The molecule has 176 valence electrons. The van der Waals surface area contributed by atoms with Gasteiger partial charge in [0.1, 0.15) is 16.9 Å². The van der Waals surface area contributed by atoms with Gasteiger partial charge in [0, 0.05) is 11.3 Å². The highest BCUT2D eigenvalue weighted by molar-refractivity contribution is 5.99. The zero-order valence-corrected chi connectivity index (χ0v) is 19.6. The number of nitrogens with zero attached hydrogens (tertiary/aromatic N) is 2. The van der Waals surface area contributed by atoms with Crippen molar-refractivity contribution in [2.24, 2.45) is 0 Å². The standard InChI is InChI=1S/C24H21FN4O3.C2H6/c1-12-6-9-18(17(25)10-12)27-20-13(2)24(31)32-22-19(20)23(30)29(16-7-8-16)28-21(22)14-4-3-5-15(26)11-14;1-2/h3-6,9-11,16,27H,7-8,26H2,1-2H3;1-2H3. The van der Waals surface area contributed by atoms with Crippen molar-refractivity contribution in [1.29, 1.82) is 0 Å². The monoisotopic (exact) mass is 462 g/mol. The summed E-state index contributed by atoms with van der Waals surface area (Å²) in [6, 6.07) is 11.7. The number of halogens is 1. The molecule has 2 aromatic carbocycles. The van der Waals surface area contributed by atoms with Crippen LogP contribution in [0.4, 0.5) is 21.5 Å². The summed E-state index contributed by atoms with van der Waals surface area (Å²) in [5.74, 6) is -0.488. The lowest BCUT2D eigenvalue weighted by Crippen LogP contribution is -2.25. The molecule has 0 unspecified atom stereocenters. The predicted molar refractivity (Wildman–Crippen MR) is 133 cm³/mol.